The molecule has 0 radical (unpaired) electrons. The van der Waals surface area contributed by atoms with Crippen molar-refractivity contribution in [2.24, 2.45) is 5.73 Å². The van der Waals surface area contributed by atoms with Crippen LogP contribution < -0.4 is 21.7 Å². The van der Waals surface area contributed by atoms with Gasteiger partial charge in [0, 0.05) is 61.8 Å². The van der Waals surface area contributed by atoms with E-state index in [0.717, 1.165) is 68.2 Å². The fraction of sp³-hybridized carbons (Fsp3) is 0.615. The molecule has 2 aliphatic heterocycles. The van der Waals surface area contributed by atoms with Gasteiger partial charge in [-0.15, -0.1) is 0 Å². The topological polar surface area (TPSA) is 106 Å². The Kier molecular flexibility index (Phi) is 8.04. The predicted molar refractivity (Wildman–Crippen MR) is 140 cm³/mol. The maximum atomic E-state index is 6.54. The van der Waals surface area contributed by atoms with Gasteiger partial charge in [-0.25, -0.2) is 9.97 Å². The Morgan fingerprint density at radius 2 is 1.77 bits per heavy atom. The van der Waals surface area contributed by atoms with Gasteiger partial charge in [0.15, 0.2) is 0 Å². The monoisotopic (exact) mass is 500 g/mol. The van der Waals surface area contributed by atoms with Crippen LogP contribution in [0.4, 0.5) is 11.6 Å². The second-order valence-electron chi connectivity index (χ2n) is 10.2. The first kappa shape index (κ1) is 24.7. The zero-order valence-corrected chi connectivity index (χ0v) is 21.0. The van der Waals surface area contributed by atoms with Gasteiger partial charge in [0.05, 0.1) is 17.3 Å². The van der Waals surface area contributed by atoms with Gasteiger partial charge in [0.1, 0.15) is 11.6 Å². The van der Waals surface area contributed by atoms with E-state index < -0.39 is 0 Å². The number of hydrogen-bond donors (Lipinski definition) is 4. The number of hydrogen-bond acceptors (Lipinski definition) is 8. The predicted octanol–water partition coefficient (Wildman–Crippen LogP) is 3.82. The first-order valence-corrected chi connectivity index (χ1v) is 13.3. The van der Waals surface area contributed by atoms with Crippen LogP contribution in [0.15, 0.2) is 30.5 Å². The molecule has 0 spiro atoms. The summed E-state index contributed by atoms with van der Waals surface area (Å²) in [5.74, 6) is 1.63. The zero-order chi connectivity index (χ0) is 24.1. The third-order valence-electron chi connectivity index (χ3n) is 7.47. The van der Waals surface area contributed by atoms with Crippen molar-refractivity contribution in [3.05, 3.63) is 35.5 Å². The lowest BCUT2D eigenvalue weighted by Crippen LogP contribution is -2.50. The maximum absolute atomic E-state index is 6.54. The van der Waals surface area contributed by atoms with Crippen molar-refractivity contribution in [1.29, 1.82) is 0 Å². The minimum absolute atomic E-state index is 0.263. The third-order valence-corrected chi connectivity index (χ3v) is 7.77. The highest BCUT2D eigenvalue weighted by Gasteiger charge is 2.28. The van der Waals surface area contributed by atoms with Crippen molar-refractivity contribution >= 4 is 23.2 Å². The molecule has 8 nitrogen and oxygen atoms in total. The van der Waals surface area contributed by atoms with Crippen LogP contribution in [-0.2, 0) is 9.47 Å². The maximum Gasteiger partial charge on any atom is 0.126 e. The van der Waals surface area contributed by atoms with Gasteiger partial charge < -0.3 is 31.2 Å². The van der Waals surface area contributed by atoms with Crippen LogP contribution in [0, 0.1) is 0 Å². The minimum Gasteiger partial charge on any atom is -0.381 e. The molecule has 190 valence electrons. The highest BCUT2D eigenvalue weighted by molar-refractivity contribution is 6.33. The van der Waals surface area contributed by atoms with Crippen LogP contribution in [0.3, 0.4) is 0 Å². The van der Waals surface area contributed by atoms with Gasteiger partial charge in [-0.3, -0.25) is 0 Å². The van der Waals surface area contributed by atoms with Crippen LogP contribution in [0.2, 0.25) is 5.02 Å². The molecule has 9 heteroatoms. The largest absolute Gasteiger partial charge is 0.381 e. The molecule has 5 N–H and O–H groups in total. The molecule has 2 aromatic heterocycles. The average molecular weight is 501 g/mol. The van der Waals surface area contributed by atoms with E-state index >= 15 is 0 Å². The Bertz CT molecular complexity index is 972. The number of halogens is 1. The van der Waals surface area contributed by atoms with Gasteiger partial charge in [0.25, 0.3) is 0 Å². The van der Waals surface area contributed by atoms with E-state index in [9.17, 15) is 0 Å². The van der Waals surface area contributed by atoms with Crippen LogP contribution >= 0.6 is 11.6 Å². The standard InChI is InChI=1S/C26H37ClN6O2/c27-22-15-29-25(32-19-6-4-18(5-7-19)31-20-8-11-35-16-20)14-21(22)23-2-1-3-24(33-23)30-17-26(28)9-12-34-13-10-26/h1-3,14-15,18-20,31H,4-13,16-17,28H2,(H,29,32)(H,30,33)/t18-,19-,20-/m1/s1. The van der Waals surface area contributed by atoms with Gasteiger partial charge in [-0.1, -0.05) is 17.7 Å². The van der Waals surface area contributed by atoms with E-state index in [2.05, 4.69) is 20.9 Å². The third kappa shape index (κ3) is 6.62. The smallest absolute Gasteiger partial charge is 0.126 e. The van der Waals surface area contributed by atoms with Gasteiger partial charge in [-0.2, -0.15) is 0 Å². The van der Waals surface area contributed by atoms with Crippen LogP contribution in [0.5, 0.6) is 0 Å². The number of nitrogens with two attached hydrogens (primary N) is 1. The number of ether oxygens (including phenoxy) is 2. The molecule has 4 heterocycles. The number of rotatable bonds is 8. The molecular formula is C26H37ClN6O2. The number of nitrogens with one attached hydrogen (secondary N) is 3. The normalized spacial score (nSPS) is 26.4. The molecule has 1 saturated carbocycles. The first-order chi connectivity index (χ1) is 17.1. The molecule has 3 fully saturated rings. The van der Waals surface area contributed by atoms with E-state index in [1.807, 2.05) is 24.3 Å². The Labute approximate surface area is 212 Å². The molecule has 0 unspecified atom stereocenters. The summed E-state index contributed by atoms with van der Waals surface area (Å²) >= 11 is 6.54. The minimum atomic E-state index is -0.263. The van der Waals surface area contributed by atoms with Crippen molar-refractivity contribution < 1.29 is 9.47 Å². The Balaban J connectivity index is 1.19. The lowest BCUT2D eigenvalue weighted by Gasteiger charge is -2.33. The molecule has 5 rings (SSSR count). The van der Waals surface area contributed by atoms with E-state index in [0.29, 0.717) is 42.9 Å². The summed E-state index contributed by atoms with van der Waals surface area (Å²) < 4.78 is 10.9. The molecule has 1 atom stereocenters. The lowest BCUT2D eigenvalue weighted by atomic mass is 9.90. The van der Waals surface area contributed by atoms with Crippen LogP contribution in [0.25, 0.3) is 11.3 Å². The summed E-state index contributed by atoms with van der Waals surface area (Å²) in [7, 11) is 0. The summed E-state index contributed by atoms with van der Waals surface area (Å²) in [6, 6.07) is 9.46. The molecule has 0 amide bonds. The van der Waals surface area contributed by atoms with E-state index in [1.54, 1.807) is 6.20 Å². The van der Waals surface area contributed by atoms with Crippen molar-refractivity contribution in [2.75, 3.05) is 43.6 Å². The van der Waals surface area contributed by atoms with Crippen LogP contribution in [0.1, 0.15) is 44.9 Å². The molecular weight excluding hydrogens is 464 g/mol. The fourth-order valence-corrected chi connectivity index (χ4v) is 5.43. The van der Waals surface area contributed by atoms with E-state index in [4.69, 9.17) is 31.8 Å². The quantitative estimate of drug-likeness (QED) is 0.433. The SMILES string of the molecule is NC1(CNc2cccc(-c3cc(N[C@H]4CC[C@H](N[C@@H]5CCOC5)CC4)ncc3Cl)n2)CCOCC1. The first-order valence-electron chi connectivity index (χ1n) is 12.9. The Morgan fingerprint density at radius 1 is 0.971 bits per heavy atom. The van der Waals surface area contributed by atoms with Gasteiger partial charge in [0.2, 0.25) is 0 Å². The number of pyridine rings is 2. The molecule has 2 saturated heterocycles. The molecule has 35 heavy (non-hydrogen) atoms. The molecule has 0 bridgehead atoms. The zero-order valence-electron chi connectivity index (χ0n) is 20.3. The van der Waals surface area contributed by atoms with Crippen molar-refractivity contribution in [2.45, 2.75) is 68.6 Å². The lowest BCUT2D eigenvalue weighted by molar-refractivity contribution is 0.0574. The number of nitrogens with zero attached hydrogens (tertiary/aromatic N) is 2. The number of aromatic nitrogens is 2. The second-order valence-corrected chi connectivity index (χ2v) is 10.6. The second kappa shape index (κ2) is 11.4. The van der Waals surface area contributed by atoms with Crippen molar-refractivity contribution in [3.63, 3.8) is 0 Å². The highest BCUT2D eigenvalue weighted by atomic mass is 35.5. The summed E-state index contributed by atoms with van der Waals surface area (Å²) in [6.07, 6.45) is 9.10. The van der Waals surface area contributed by atoms with Crippen molar-refractivity contribution in [1.82, 2.24) is 15.3 Å². The van der Waals surface area contributed by atoms with Crippen molar-refractivity contribution in [3.8, 4) is 11.3 Å². The molecule has 0 aromatic carbocycles. The average Bonchev–Trinajstić information content (AvgIpc) is 3.39. The molecule has 1 aliphatic carbocycles. The Morgan fingerprint density at radius 3 is 2.54 bits per heavy atom. The molecule has 3 aliphatic rings. The van der Waals surface area contributed by atoms with Gasteiger partial charge >= 0.3 is 0 Å². The van der Waals surface area contributed by atoms with E-state index in [1.165, 1.54) is 12.8 Å². The molecule has 2 aromatic rings. The highest BCUT2D eigenvalue weighted by Crippen LogP contribution is 2.30. The van der Waals surface area contributed by atoms with E-state index in [-0.39, 0.29) is 5.54 Å². The number of anilines is 2. The van der Waals surface area contributed by atoms with Gasteiger partial charge in [-0.05, 0) is 63.1 Å². The summed E-state index contributed by atoms with van der Waals surface area (Å²) in [5.41, 5.74) is 7.95. The Hall–Kier alpha value is -1.97. The summed E-state index contributed by atoms with van der Waals surface area (Å²) in [6.45, 7) is 3.82. The summed E-state index contributed by atoms with van der Waals surface area (Å²) in [4.78, 5) is 9.35. The fourth-order valence-electron chi connectivity index (χ4n) is 5.23. The van der Waals surface area contributed by atoms with Crippen LogP contribution in [-0.4, -0.2) is 66.6 Å². The summed E-state index contributed by atoms with van der Waals surface area (Å²) in [5, 5.41) is 11.4.